The number of rotatable bonds is 3. The van der Waals surface area contributed by atoms with Crippen LogP contribution in [0.2, 0.25) is 0 Å². The van der Waals surface area contributed by atoms with Crippen molar-refractivity contribution in [2.24, 2.45) is 5.73 Å². The van der Waals surface area contributed by atoms with Crippen LogP contribution in [0.5, 0.6) is 0 Å². The van der Waals surface area contributed by atoms with E-state index >= 15 is 0 Å². The van der Waals surface area contributed by atoms with E-state index < -0.39 is 0 Å². The van der Waals surface area contributed by atoms with E-state index in [0.717, 1.165) is 17.4 Å². The van der Waals surface area contributed by atoms with Crippen molar-refractivity contribution in [3.63, 3.8) is 0 Å². The van der Waals surface area contributed by atoms with Crippen molar-refractivity contribution >= 4 is 15.9 Å². The van der Waals surface area contributed by atoms with Gasteiger partial charge in [-0.25, -0.2) is 0 Å². The number of benzene rings is 1. The number of aryl methyl sites for hydroxylation is 1. The summed E-state index contributed by atoms with van der Waals surface area (Å²) in [4.78, 5) is 0. The van der Waals surface area contributed by atoms with Crippen LogP contribution in [-0.2, 0) is 6.54 Å². The van der Waals surface area contributed by atoms with Gasteiger partial charge in [0.1, 0.15) is 0 Å². The number of nitrogens with one attached hydrogen (secondary N) is 1. The van der Waals surface area contributed by atoms with Gasteiger partial charge in [0.05, 0.1) is 0 Å². The van der Waals surface area contributed by atoms with Gasteiger partial charge >= 0.3 is 0 Å². The normalized spacial score (nSPS) is 24.9. The van der Waals surface area contributed by atoms with Crippen molar-refractivity contribution in [2.45, 2.75) is 51.2 Å². The molecule has 2 unspecified atom stereocenters. The molecule has 0 bridgehead atoms. The molecule has 1 aliphatic carbocycles. The molecule has 17 heavy (non-hydrogen) atoms. The van der Waals surface area contributed by atoms with Crippen LogP contribution in [0.3, 0.4) is 0 Å². The van der Waals surface area contributed by atoms with Crippen LogP contribution in [-0.4, -0.2) is 12.1 Å². The Bertz CT molecular complexity index is 378. The molecule has 94 valence electrons. The maximum absolute atomic E-state index is 6.14. The molecule has 1 aromatic carbocycles. The molecule has 1 aliphatic rings. The Morgan fingerprint density at radius 3 is 2.88 bits per heavy atom. The fourth-order valence-corrected chi connectivity index (χ4v) is 2.89. The zero-order chi connectivity index (χ0) is 12.3. The molecule has 2 nitrogen and oxygen atoms in total. The first-order chi connectivity index (χ1) is 8.16. The highest BCUT2D eigenvalue weighted by molar-refractivity contribution is 9.10. The van der Waals surface area contributed by atoms with Gasteiger partial charge in [0.15, 0.2) is 0 Å². The molecule has 3 heteroatoms. The summed E-state index contributed by atoms with van der Waals surface area (Å²) < 4.78 is 1.15. The molecule has 0 saturated heterocycles. The summed E-state index contributed by atoms with van der Waals surface area (Å²) in [6.07, 6.45) is 4.97. The highest BCUT2D eigenvalue weighted by Crippen LogP contribution is 2.19. The predicted octanol–water partition coefficient (Wildman–Crippen LogP) is 3.12. The minimum atomic E-state index is 0.330. The van der Waals surface area contributed by atoms with Gasteiger partial charge in [0.25, 0.3) is 0 Å². The van der Waals surface area contributed by atoms with Crippen LogP contribution < -0.4 is 11.1 Å². The summed E-state index contributed by atoms with van der Waals surface area (Å²) in [5, 5.41) is 3.61. The van der Waals surface area contributed by atoms with Crippen LogP contribution in [0, 0.1) is 6.92 Å². The minimum Gasteiger partial charge on any atom is -0.326 e. The van der Waals surface area contributed by atoms with Crippen molar-refractivity contribution in [3.05, 3.63) is 33.8 Å². The third kappa shape index (κ3) is 3.54. The Kier molecular flexibility index (Phi) is 4.60. The molecule has 0 aromatic heterocycles. The van der Waals surface area contributed by atoms with Gasteiger partial charge in [0, 0.05) is 23.1 Å². The molecule has 0 aliphatic heterocycles. The summed E-state index contributed by atoms with van der Waals surface area (Å²) in [5.74, 6) is 0. The van der Waals surface area contributed by atoms with Crippen molar-refractivity contribution in [1.29, 1.82) is 0 Å². The molecular weight excluding hydrogens is 276 g/mol. The molecular formula is C14H21BrN2. The Morgan fingerprint density at radius 1 is 1.35 bits per heavy atom. The maximum atomic E-state index is 6.14. The van der Waals surface area contributed by atoms with Crippen molar-refractivity contribution in [3.8, 4) is 0 Å². The zero-order valence-electron chi connectivity index (χ0n) is 10.4. The number of nitrogens with two attached hydrogens (primary N) is 1. The minimum absolute atomic E-state index is 0.330. The number of hydrogen-bond donors (Lipinski definition) is 2. The van der Waals surface area contributed by atoms with E-state index in [1.165, 1.54) is 30.4 Å². The Morgan fingerprint density at radius 2 is 2.12 bits per heavy atom. The standard InChI is InChI=1S/C14H21BrN2/c1-10-6-7-12(15)8-11(10)9-17-14-5-3-2-4-13(14)16/h6-8,13-14,17H,2-5,9,16H2,1H3. The van der Waals surface area contributed by atoms with Crippen molar-refractivity contribution in [2.75, 3.05) is 0 Å². The lowest BCUT2D eigenvalue weighted by atomic mass is 9.91. The summed E-state index contributed by atoms with van der Waals surface area (Å²) in [6, 6.07) is 7.25. The molecule has 2 atom stereocenters. The molecule has 0 spiro atoms. The fraction of sp³-hybridized carbons (Fsp3) is 0.571. The van der Waals surface area contributed by atoms with Gasteiger partial charge in [-0.2, -0.15) is 0 Å². The third-order valence-corrected chi connectivity index (χ3v) is 4.18. The average Bonchev–Trinajstić information content (AvgIpc) is 2.32. The summed E-state index contributed by atoms with van der Waals surface area (Å²) in [5.41, 5.74) is 8.84. The highest BCUT2D eigenvalue weighted by Gasteiger charge is 2.20. The largest absolute Gasteiger partial charge is 0.326 e. The second-order valence-corrected chi connectivity index (χ2v) is 5.92. The van der Waals surface area contributed by atoms with Crippen molar-refractivity contribution < 1.29 is 0 Å². The molecule has 1 aromatic rings. The van der Waals surface area contributed by atoms with E-state index in [4.69, 9.17) is 5.73 Å². The number of hydrogen-bond acceptors (Lipinski definition) is 2. The first-order valence-corrected chi connectivity index (χ1v) is 7.20. The summed E-state index contributed by atoms with van der Waals surface area (Å²) in [7, 11) is 0. The van der Waals surface area contributed by atoms with Crippen LogP contribution in [0.4, 0.5) is 0 Å². The highest BCUT2D eigenvalue weighted by atomic mass is 79.9. The van der Waals surface area contributed by atoms with Gasteiger partial charge < -0.3 is 11.1 Å². The topological polar surface area (TPSA) is 38.0 Å². The second kappa shape index (κ2) is 5.98. The van der Waals surface area contributed by atoms with E-state index in [2.05, 4.69) is 46.4 Å². The quantitative estimate of drug-likeness (QED) is 0.899. The molecule has 1 fully saturated rings. The predicted molar refractivity (Wildman–Crippen MR) is 76.0 cm³/mol. The average molecular weight is 297 g/mol. The van der Waals surface area contributed by atoms with Gasteiger partial charge in [-0.05, 0) is 43.0 Å². The summed E-state index contributed by atoms with van der Waals surface area (Å²) >= 11 is 3.52. The van der Waals surface area contributed by atoms with Crippen LogP contribution >= 0.6 is 15.9 Å². The van der Waals surface area contributed by atoms with E-state index in [9.17, 15) is 0 Å². The van der Waals surface area contributed by atoms with Gasteiger partial charge in [0.2, 0.25) is 0 Å². The van der Waals surface area contributed by atoms with Crippen LogP contribution in [0.1, 0.15) is 36.8 Å². The van der Waals surface area contributed by atoms with E-state index in [0.29, 0.717) is 12.1 Å². The van der Waals surface area contributed by atoms with Gasteiger partial charge in [-0.1, -0.05) is 34.8 Å². The first-order valence-electron chi connectivity index (χ1n) is 6.41. The Hall–Kier alpha value is -0.380. The lowest BCUT2D eigenvalue weighted by Gasteiger charge is -2.29. The Labute approximate surface area is 112 Å². The van der Waals surface area contributed by atoms with E-state index in [1.54, 1.807) is 0 Å². The molecule has 0 amide bonds. The SMILES string of the molecule is Cc1ccc(Br)cc1CNC1CCCCC1N. The smallest absolute Gasteiger partial charge is 0.0222 e. The fourth-order valence-electron chi connectivity index (χ4n) is 2.48. The first kappa shape index (κ1) is 13.1. The van der Waals surface area contributed by atoms with Gasteiger partial charge in [-0.15, -0.1) is 0 Å². The lowest BCUT2D eigenvalue weighted by Crippen LogP contribution is -2.46. The van der Waals surface area contributed by atoms with Crippen molar-refractivity contribution in [1.82, 2.24) is 5.32 Å². The van der Waals surface area contributed by atoms with Gasteiger partial charge in [-0.3, -0.25) is 0 Å². The third-order valence-electron chi connectivity index (χ3n) is 3.69. The molecule has 0 heterocycles. The molecule has 2 rings (SSSR count). The van der Waals surface area contributed by atoms with Crippen LogP contribution in [0.25, 0.3) is 0 Å². The van der Waals surface area contributed by atoms with E-state index in [-0.39, 0.29) is 0 Å². The molecule has 3 N–H and O–H groups in total. The Balaban J connectivity index is 1.94. The second-order valence-electron chi connectivity index (χ2n) is 5.01. The van der Waals surface area contributed by atoms with E-state index in [1.807, 2.05) is 0 Å². The molecule has 1 saturated carbocycles. The summed E-state index contributed by atoms with van der Waals surface area (Å²) in [6.45, 7) is 3.08. The number of halogens is 1. The van der Waals surface area contributed by atoms with Crippen LogP contribution in [0.15, 0.2) is 22.7 Å². The lowest BCUT2D eigenvalue weighted by molar-refractivity contribution is 0.326. The zero-order valence-corrected chi connectivity index (χ0v) is 12.0. The molecule has 0 radical (unpaired) electrons. The monoisotopic (exact) mass is 296 g/mol. The maximum Gasteiger partial charge on any atom is 0.0222 e.